The summed E-state index contributed by atoms with van der Waals surface area (Å²) in [5, 5.41) is -0.922. The van der Waals surface area contributed by atoms with E-state index in [1.165, 1.54) is 23.1 Å². The zero-order valence-corrected chi connectivity index (χ0v) is 15.8. The maximum absolute atomic E-state index is 14.1. The fourth-order valence-corrected chi connectivity index (χ4v) is 5.24. The van der Waals surface area contributed by atoms with Gasteiger partial charge in [-0.05, 0) is 30.7 Å². The molecule has 1 fully saturated rings. The summed E-state index contributed by atoms with van der Waals surface area (Å²) in [6.45, 7) is 0.377. The molecule has 0 bridgehead atoms. The van der Waals surface area contributed by atoms with Crippen LogP contribution in [0.5, 0.6) is 0 Å². The minimum atomic E-state index is -3.54. The lowest BCUT2D eigenvalue weighted by Crippen LogP contribution is -2.33. The van der Waals surface area contributed by atoms with E-state index in [-0.39, 0.29) is 36.7 Å². The second-order valence-corrected chi connectivity index (χ2v) is 9.19. The predicted molar refractivity (Wildman–Crippen MR) is 97.6 cm³/mol. The Morgan fingerprint density at radius 3 is 2.60 bits per heavy atom. The highest BCUT2D eigenvalue weighted by atomic mass is 79.9. The Bertz CT molecular complexity index is 901. The third-order valence-corrected chi connectivity index (χ3v) is 6.95. The summed E-state index contributed by atoms with van der Waals surface area (Å²) in [7, 11) is -3.54. The van der Waals surface area contributed by atoms with Crippen molar-refractivity contribution in [2.45, 2.75) is 11.7 Å². The molecule has 0 aromatic heterocycles. The fraction of sp³-hybridized carbons (Fsp3) is 0.278. The van der Waals surface area contributed by atoms with Gasteiger partial charge in [-0.15, -0.1) is 0 Å². The van der Waals surface area contributed by atoms with Crippen LogP contribution in [0.15, 0.2) is 53.0 Å². The van der Waals surface area contributed by atoms with E-state index < -0.39 is 20.9 Å². The molecule has 1 unspecified atom stereocenters. The molecule has 0 radical (unpaired) electrons. The van der Waals surface area contributed by atoms with Gasteiger partial charge in [0.05, 0.1) is 11.0 Å². The van der Waals surface area contributed by atoms with Gasteiger partial charge in [0.2, 0.25) is 0 Å². The van der Waals surface area contributed by atoms with Gasteiger partial charge in [-0.1, -0.05) is 40.2 Å². The van der Waals surface area contributed by atoms with Gasteiger partial charge in [0.15, 0.2) is 9.84 Å². The van der Waals surface area contributed by atoms with Crippen LogP contribution in [0.1, 0.15) is 27.6 Å². The van der Waals surface area contributed by atoms with E-state index >= 15 is 0 Å². The second-order valence-electron chi connectivity index (χ2n) is 5.97. The van der Waals surface area contributed by atoms with Crippen LogP contribution in [0, 0.1) is 5.82 Å². The molecule has 7 heteroatoms. The third kappa shape index (κ3) is 3.93. The normalized spacial score (nSPS) is 20.1. The Kier molecular flexibility index (Phi) is 5.24. The maximum atomic E-state index is 14.1. The number of benzene rings is 2. The molecule has 0 spiro atoms. The molecule has 1 aliphatic rings. The quantitative estimate of drug-likeness (QED) is 0.738. The number of hydrogen-bond acceptors (Lipinski definition) is 3. The van der Waals surface area contributed by atoms with Crippen molar-refractivity contribution in [3.63, 3.8) is 0 Å². The number of sulfone groups is 1. The molecular formula is C18H17BrFNO3S. The average molecular weight is 426 g/mol. The minimum Gasteiger partial charge on any atom is -0.338 e. The number of carbonyl (C=O) groups excluding carboxylic acids is 1. The SMILES string of the molecule is O=C(c1cccc(Br)c1)N1CCC(c2ccccc2F)S(=O)(=O)CC1. The van der Waals surface area contributed by atoms with Crippen molar-refractivity contribution in [2.24, 2.45) is 0 Å². The molecule has 1 aliphatic heterocycles. The first-order valence-corrected chi connectivity index (χ1v) is 10.4. The number of halogens is 2. The second kappa shape index (κ2) is 7.25. The van der Waals surface area contributed by atoms with Crippen LogP contribution in [0.4, 0.5) is 4.39 Å². The molecule has 1 atom stereocenters. The maximum Gasteiger partial charge on any atom is 0.253 e. The first kappa shape index (κ1) is 18.1. The van der Waals surface area contributed by atoms with Gasteiger partial charge >= 0.3 is 0 Å². The first-order chi connectivity index (χ1) is 11.9. The molecule has 1 heterocycles. The molecule has 3 rings (SSSR count). The summed E-state index contributed by atoms with van der Waals surface area (Å²) in [6, 6.07) is 12.9. The molecule has 4 nitrogen and oxygen atoms in total. The van der Waals surface area contributed by atoms with Crippen LogP contribution in [0.3, 0.4) is 0 Å². The molecule has 0 N–H and O–H groups in total. The largest absolute Gasteiger partial charge is 0.338 e. The highest BCUT2D eigenvalue weighted by Gasteiger charge is 2.34. The van der Waals surface area contributed by atoms with Gasteiger partial charge in [0.25, 0.3) is 5.91 Å². The van der Waals surface area contributed by atoms with Crippen LogP contribution in [0.25, 0.3) is 0 Å². The van der Waals surface area contributed by atoms with E-state index in [1.54, 1.807) is 24.3 Å². The van der Waals surface area contributed by atoms with Gasteiger partial charge in [-0.25, -0.2) is 12.8 Å². The molecular weight excluding hydrogens is 409 g/mol. The van der Waals surface area contributed by atoms with E-state index in [2.05, 4.69) is 15.9 Å². The zero-order valence-electron chi connectivity index (χ0n) is 13.4. The Hall–Kier alpha value is -1.73. The highest BCUT2D eigenvalue weighted by Crippen LogP contribution is 2.31. The van der Waals surface area contributed by atoms with E-state index in [4.69, 9.17) is 0 Å². The predicted octanol–water partition coefficient (Wildman–Crippen LogP) is 3.59. The van der Waals surface area contributed by atoms with E-state index in [9.17, 15) is 17.6 Å². The molecule has 1 saturated heterocycles. The number of nitrogens with zero attached hydrogens (tertiary/aromatic N) is 1. The van der Waals surface area contributed by atoms with Crippen LogP contribution in [-0.4, -0.2) is 38.1 Å². The van der Waals surface area contributed by atoms with Crippen LogP contribution in [-0.2, 0) is 9.84 Å². The smallest absolute Gasteiger partial charge is 0.253 e. The topological polar surface area (TPSA) is 54.5 Å². The van der Waals surface area contributed by atoms with Crippen LogP contribution < -0.4 is 0 Å². The summed E-state index contributed by atoms with van der Waals surface area (Å²) in [4.78, 5) is 14.2. The van der Waals surface area contributed by atoms with Crippen molar-refractivity contribution in [1.82, 2.24) is 4.90 Å². The average Bonchev–Trinajstić information content (AvgIpc) is 2.73. The summed E-state index contributed by atoms with van der Waals surface area (Å²) < 4.78 is 40.0. The standard InChI is InChI=1S/C18H17BrFNO3S/c19-14-5-3-4-13(12-14)18(22)21-9-8-17(25(23,24)11-10-21)15-6-1-2-7-16(15)20/h1-7,12,17H,8-11H2. The number of carbonyl (C=O) groups is 1. The van der Waals surface area contributed by atoms with E-state index in [0.29, 0.717) is 5.56 Å². The summed E-state index contributed by atoms with van der Waals surface area (Å²) in [6.07, 6.45) is 0.184. The van der Waals surface area contributed by atoms with Crippen molar-refractivity contribution in [3.8, 4) is 0 Å². The lowest BCUT2D eigenvalue weighted by Gasteiger charge is -2.20. The zero-order chi connectivity index (χ0) is 18.0. The van der Waals surface area contributed by atoms with Crippen molar-refractivity contribution in [3.05, 3.63) is 69.9 Å². The van der Waals surface area contributed by atoms with Gasteiger partial charge in [0, 0.05) is 28.7 Å². The molecule has 0 aliphatic carbocycles. The van der Waals surface area contributed by atoms with Crippen LogP contribution in [0.2, 0.25) is 0 Å². The molecule has 2 aromatic carbocycles. The van der Waals surface area contributed by atoms with Gasteiger partial charge in [-0.3, -0.25) is 4.79 Å². The van der Waals surface area contributed by atoms with E-state index in [0.717, 1.165) is 4.47 Å². The van der Waals surface area contributed by atoms with Crippen LogP contribution >= 0.6 is 15.9 Å². The molecule has 1 amide bonds. The monoisotopic (exact) mass is 425 g/mol. The van der Waals surface area contributed by atoms with Crippen molar-refractivity contribution in [2.75, 3.05) is 18.8 Å². The first-order valence-electron chi connectivity index (χ1n) is 7.89. The summed E-state index contributed by atoms with van der Waals surface area (Å²) in [5.74, 6) is -0.917. The number of amides is 1. The van der Waals surface area contributed by atoms with Gasteiger partial charge < -0.3 is 4.90 Å². The lowest BCUT2D eigenvalue weighted by atomic mass is 10.1. The number of rotatable bonds is 2. The molecule has 0 saturated carbocycles. The Morgan fingerprint density at radius 1 is 1.12 bits per heavy atom. The Balaban J connectivity index is 1.85. The van der Waals surface area contributed by atoms with Gasteiger partial charge in [0.1, 0.15) is 5.82 Å². The molecule has 132 valence electrons. The van der Waals surface area contributed by atoms with Crippen molar-refractivity contribution in [1.29, 1.82) is 0 Å². The fourth-order valence-electron chi connectivity index (χ4n) is 3.04. The van der Waals surface area contributed by atoms with E-state index in [1.807, 2.05) is 6.07 Å². The summed E-state index contributed by atoms with van der Waals surface area (Å²) in [5.41, 5.74) is 0.676. The Labute approximate surface area is 154 Å². The summed E-state index contributed by atoms with van der Waals surface area (Å²) >= 11 is 3.33. The number of hydrogen-bond donors (Lipinski definition) is 0. The Morgan fingerprint density at radius 2 is 1.88 bits per heavy atom. The molecule has 25 heavy (non-hydrogen) atoms. The van der Waals surface area contributed by atoms with Crippen molar-refractivity contribution >= 4 is 31.7 Å². The molecule has 2 aromatic rings. The van der Waals surface area contributed by atoms with Crippen molar-refractivity contribution < 1.29 is 17.6 Å². The lowest BCUT2D eigenvalue weighted by molar-refractivity contribution is 0.0766. The minimum absolute atomic E-state index is 0.110. The highest BCUT2D eigenvalue weighted by molar-refractivity contribution is 9.10. The van der Waals surface area contributed by atoms with Gasteiger partial charge in [-0.2, -0.15) is 0 Å². The third-order valence-electron chi connectivity index (χ3n) is 4.35.